The van der Waals surface area contributed by atoms with Crippen molar-refractivity contribution in [2.24, 2.45) is 0 Å². The average Bonchev–Trinajstić information content (AvgIpc) is 1.36. The van der Waals surface area contributed by atoms with E-state index in [1.54, 1.807) is 14.1 Å². The van der Waals surface area contributed by atoms with Gasteiger partial charge in [0, 0.05) is 21.0 Å². The number of hydrogen-bond acceptors (Lipinski definition) is 1. The SMILES string of the molecule is CC(=O)N(C)C.[NaH]. The zero-order chi connectivity index (χ0) is 5.15. The number of amides is 1. The molecule has 0 aliphatic heterocycles. The van der Waals surface area contributed by atoms with E-state index < -0.39 is 0 Å². The normalized spacial score (nSPS) is 6.71. The van der Waals surface area contributed by atoms with Crippen LogP contribution in [-0.2, 0) is 4.79 Å². The van der Waals surface area contributed by atoms with E-state index in [4.69, 9.17) is 0 Å². The first-order valence-corrected chi connectivity index (χ1v) is 1.82. The number of rotatable bonds is 0. The Kier molecular flexibility index (Phi) is 6.90. The van der Waals surface area contributed by atoms with Crippen LogP contribution in [0.15, 0.2) is 0 Å². The first-order chi connectivity index (χ1) is 2.64. The molecule has 0 saturated heterocycles. The standard InChI is InChI=1S/C4H9NO.Na.H/c1-4(6)5(2)3;;/h1-3H3;;. The number of carbonyl (C=O) groups excluding carboxylic acids is 1. The summed E-state index contributed by atoms with van der Waals surface area (Å²) in [4.78, 5) is 11.6. The van der Waals surface area contributed by atoms with Crippen molar-refractivity contribution < 1.29 is 4.79 Å². The topological polar surface area (TPSA) is 20.3 Å². The van der Waals surface area contributed by atoms with E-state index >= 15 is 0 Å². The average molecular weight is 111 g/mol. The van der Waals surface area contributed by atoms with E-state index in [0.717, 1.165) is 0 Å². The Balaban J connectivity index is 0. The van der Waals surface area contributed by atoms with Crippen LogP contribution in [0.4, 0.5) is 0 Å². The first-order valence-electron chi connectivity index (χ1n) is 1.82. The van der Waals surface area contributed by atoms with Crippen LogP contribution in [0.1, 0.15) is 6.92 Å². The first kappa shape index (κ1) is 10.5. The molecule has 0 rings (SSSR count). The predicted molar refractivity (Wildman–Crippen MR) is 31.5 cm³/mol. The van der Waals surface area contributed by atoms with Crippen molar-refractivity contribution in [2.45, 2.75) is 6.92 Å². The molecule has 0 atom stereocenters. The number of carbonyl (C=O) groups is 1. The van der Waals surface area contributed by atoms with Crippen molar-refractivity contribution in [3.8, 4) is 0 Å². The molecule has 0 aliphatic rings. The van der Waals surface area contributed by atoms with Gasteiger partial charge in [-0.25, -0.2) is 0 Å². The van der Waals surface area contributed by atoms with Crippen molar-refractivity contribution >= 4 is 35.5 Å². The van der Waals surface area contributed by atoms with Gasteiger partial charge >= 0.3 is 29.6 Å². The van der Waals surface area contributed by atoms with Gasteiger partial charge in [-0.1, -0.05) is 0 Å². The Morgan fingerprint density at radius 2 is 1.57 bits per heavy atom. The molecule has 2 nitrogen and oxygen atoms in total. The zero-order valence-electron chi connectivity index (χ0n) is 4.36. The summed E-state index contributed by atoms with van der Waals surface area (Å²) in [6.07, 6.45) is 0. The summed E-state index contributed by atoms with van der Waals surface area (Å²) in [6.45, 7) is 1.53. The Bertz CT molecular complexity index is 62.7. The summed E-state index contributed by atoms with van der Waals surface area (Å²) < 4.78 is 0. The molecular formula is C4H10NNaO. The molecular weight excluding hydrogens is 101 g/mol. The summed E-state index contributed by atoms with van der Waals surface area (Å²) in [6, 6.07) is 0. The third-order valence-corrected chi connectivity index (χ3v) is 0.630. The molecule has 0 fully saturated rings. The zero-order valence-corrected chi connectivity index (χ0v) is 4.36. The molecule has 38 valence electrons. The van der Waals surface area contributed by atoms with Gasteiger partial charge in [-0.3, -0.25) is 4.79 Å². The van der Waals surface area contributed by atoms with Gasteiger partial charge in [0.1, 0.15) is 0 Å². The molecule has 0 radical (unpaired) electrons. The van der Waals surface area contributed by atoms with Gasteiger partial charge in [-0.15, -0.1) is 0 Å². The molecule has 1 amide bonds. The third-order valence-electron chi connectivity index (χ3n) is 0.630. The monoisotopic (exact) mass is 111 g/mol. The molecule has 3 heteroatoms. The van der Waals surface area contributed by atoms with Gasteiger partial charge in [0.15, 0.2) is 0 Å². The van der Waals surface area contributed by atoms with Crippen molar-refractivity contribution in [3.63, 3.8) is 0 Å². The molecule has 0 aromatic heterocycles. The van der Waals surface area contributed by atoms with Crippen molar-refractivity contribution in [1.82, 2.24) is 4.90 Å². The van der Waals surface area contributed by atoms with Gasteiger partial charge in [0.25, 0.3) is 0 Å². The second-order valence-electron chi connectivity index (χ2n) is 1.41. The molecule has 0 heterocycles. The van der Waals surface area contributed by atoms with E-state index in [0.29, 0.717) is 0 Å². The fraction of sp³-hybridized carbons (Fsp3) is 0.750. The fourth-order valence-electron chi connectivity index (χ4n) is 0. The van der Waals surface area contributed by atoms with Crippen LogP contribution in [0.25, 0.3) is 0 Å². The molecule has 0 N–H and O–H groups in total. The minimum absolute atomic E-state index is 0. The van der Waals surface area contributed by atoms with Crippen molar-refractivity contribution in [2.75, 3.05) is 14.1 Å². The van der Waals surface area contributed by atoms with Gasteiger partial charge in [0.2, 0.25) is 5.91 Å². The summed E-state index contributed by atoms with van der Waals surface area (Å²) in [5.41, 5.74) is 0. The number of nitrogens with zero attached hydrogens (tertiary/aromatic N) is 1. The second kappa shape index (κ2) is 4.62. The van der Waals surface area contributed by atoms with Crippen molar-refractivity contribution in [3.05, 3.63) is 0 Å². The molecule has 0 bridgehead atoms. The maximum absolute atomic E-state index is 10.1. The predicted octanol–water partition coefficient (Wildman–Crippen LogP) is -0.554. The van der Waals surface area contributed by atoms with Crippen LogP contribution >= 0.6 is 0 Å². The van der Waals surface area contributed by atoms with Gasteiger partial charge in [-0.2, -0.15) is 0 Å². The quantitative estimate of drug-likeness (QED) is 0.384. The third kappa shape index (κ3) is 6.47. The minimum atomic E-state index is 0. The van der Waals surface area contributed by atoms with Crippen LogP contribution in [0.5, 0.6) is 0 Å². The Hall–Kier alpha value is 0.470. The Morgan fingerprint density at radius 3 is 1.57 bits per heavy atom. The number of hydrogen-bond donors (Lipinski definition) is 0. The van der Waals surface area contributed by atoms with Crippen LogP contribution in [0.2, 0.25) is 0 Å². The van der Waals surface area contributed by atoms with Gasteiger partial charge in [0.05, 0.1) is 0 Å². The molecule has 0 spiro atoms. The van der Waals surface area contributed by atoms with E-state index in [1.807, 2.05) is 0 Å². The Labute approximate surface area is 66.2 Å². The van der Waals surface area contributed by atoms with Crippen LogP contribution < -0.4 is 0 Å². The summed E-state index contributed by atoms with van der Waals surface area (Å²) in [7, 11) is 3.45. The van der Waals surface area contributed by atoms with Crippen molar-refractivity contribution in [1.29, 1.82) is 0 Å². The van der Waals surface area contributed by atoms with E-state index in [1.165, 1.54) is 11.8 Å². The maximum atomic E-state index is 10.1. The molecule has 0 saturated carbocycles. The van der Waals surface area contributed by atoms with Gasteiger partial charge < -0.3 is 4.90 Å². The summed E-state index contributed by atoms with van der Waals surface area (Å²) in [5.74, 6) is 0.0926. The fourth-order valence-corrected chi connectivity index (χ4v) is 0. The molecule has 0 aliphatic carbocycles. The Morgan fingerprint density at radius 1 is 1.43 bits per heavy atom. The molecule has 7 heavy (non-hydrogen) atoms. The van der Waals surface area contributed by atoms with E-state index in [-0.39, 0.29) is 35.5 Å². The summed E-state index contributed by atoms with van der Waals surface area (Å²) in [5, 5.41) is 0. The van der Waals surface area contributed by atoms with Crippen LogP contribution in [-0.4, -0.2) is 54.5 Å². The molecule has 0 aromatic rings. The van der Waals surface area contributed by atoms with Gasteiger partial charge in [-0.05, 0) is 0 Å². The van der Waals surface area contributed by atoms with E-state index in [2.05, 4.69) is 0 Å². The molecule has 0 aromatic carbocycles. The second-order valence-corrected chi connectivity index (χ2v) is 1.41. The molecule has 0 unspecified atom stereocenters. The summed E-state index contributed by atoms with van der Waals surface area (Å²) >= 11 is 0. The van der Waals surface area contributed by atoms with Crippen LogP contribution in [0, 0.1) is 0 Å². The van der Waals surface area contributed by atoms with E-state index in [9.17, 15) is 4.79 Å². The van der Waals surface area contributed by atoms with Crippen LogP contribution in [0.3, 0.4) is 0 Å².